The normalized spacial score (nSPS) is 38.0. The number of carbonyl (C=O) groups excluding carboxylic acids is 1. The number of piperazine rings is 1. The molecule has 2 saturated carbocycles. The molecule has 1 heterocycles. The molecular weight excluding hydrogens is 258 g/mol. The number of hydrogen-bond donors (Lipinski definition) is 2. The number of carbonyl (C=O) groups is 2. The molecule has 1 saturated heterocycles. The Kier molecular flexibility index (Phi) is 3.69. The molecule has 4 atom stereocenters. The molecule has 0 aromatic carbocycles. The summed E-state index contributed by atoms with van der Waals surface area (Å²) in [5.74, 6) is -1.19. The number of nitrogens with one attached hydrogen (secondary N) is 1. The van der Waals surface area contributed by atoms with Gasteiger partial charge in [-0.15, -0.1) is 0 Å². The van der Waals surface area contributed by atoms with E-state index in [1.54, 1.807) is 0 Å². The average Bonchev–Trinajstić information content (AvgIpc) is 3.01. The van der Waals surface area contributed by atoms with Crippen molar-refractivity contribution in [3.8, 4) is 0 Å². The molecule has 1 aliphatic heterocycles. The van der Waals surface area contributed by atoms with Gasteiger partial charge in [-0.25, -0.2) is 5.01 Å². The van der Waals surface area contributed by atoms with Crippen molar-refractivity contribution in [1.82, 2.24) is 15.3 Å². The third-order valence-electron chi connectivity index (χ3n) is 5.28. The van der Waals surface area contributed by atoms with E-state index in [1.165, 1.54) is 0 Å². The van der Waals surface area contributed by atoms with Crippen LogP contribution >= 0.6 is 0 Å². The van der Waals surface area contributed by atoms with E-state index in [2.05, 4.69) is 17.4 Å². The van der Waals surface area contributed by atoms with Crippen LogP contribution in [-0.4, -0.2) is 60.1 Å². The average molecular weight is 281 g/mol. The Balaban J connectivity index is 1.63. The summed E-state index contributed by atoms with van der Waals surface area (Å²) >= 11 is 0. The lowest BCUT2D eigenvalue weighted by Crippen LogP contribution is -2.55. The highest BCUT2D eigenvalue weighted by Crippen LogP contribution is 2.52. The van der Waals surface area contributed by atoms with Crippen LogP contribution in [0.3, 0.4) is 0 Å². The second kappa shape index (κ2) is 5.33. The van der Waals surface area contributed by atoms with Crippen molar-refractivity contribution >= 4 is 11.9 Å². The maximum absolute atomic E-state index is 12.5. The summed E-state index contributed by atoms with van der Waals surface area (Å²) in [7, 11) is 2.07. The predicted molar refractivity (Wildman–Crippen MR) is 72.7 cm³/mol. The van der Waals surface area contributed by atoms with Gasteiger partial charge >= 0.3 is 5.97 Å². The van der Waals surface area contributed by atoms with Gasteiger partial charge in [-0.05, 0) is 38.1 Å². The Morgan fingerprint density at radius 1 is 1.05 bits per heavy atom. The van der Waals surface area contributed by atoms with E-state index in [1.807, 2.05) is 5.01 Å². The summed E-state index contributed by atoms with van der Waals surface area (Å²) < 4.78 is 0. The van der Waals surface area contributed by atoms with Crippen molar-refractivity contribution in [2.75, 3.05) is 33.2 Å². The summed E-state index contributed by atoms with van der Waals surface area (Å²) in [6, 6.07) is 0. The van der Waals surface area contributed by atoms with Crippen molar-refractivity contribution < 1.29 is 14.7 Å². The molecule has 112 valence electrons. The molecule has 6 nitrogen and oxygen atoms in total. The smallest absolute Gasteiger partial charge is 0.307 e. The quantitative estimate of drug-likeness (QED) is 0.762. The molecular formula is C14H23N3O3. The minimum atomic E-state index is -0.796. The number of nitrogens with zero attached hydrogens (tertiary/aromatic N) is 2. The molecule has 3 aliphatic rings. The van der Waals surface area contributed by atoms with E-state index in [0.717, 1.165) is 45.4 Å². The monoisotopic (exact) mass is 281 g/mol. The van der Waals surface area contributed by atoms with Gasteiger partial charge in [0.25, 0.3) is 0 Å². The molecule has 0 aromatic rings. The molecule has 2 bridgehead atoms. The lowest BCUT2D eigenvalue weighted by Gasteiger charge is -2.35. The first-order valence-corrected chi connectivity index (χ1v) is 7.53. The highest BCUT2D eigenvalue weighted by molar-refractivity contribution is 5.85. The first-order chi connectivity index (χ1) is 9.56. The zero-order valence-corrected chi connectivity index (χ0v) is 11.9. The molecule has 20 heavy (non-hydrogen) atoms. The Morgan fingerprint density at radius 3 is 2.25 bits per heavy atom. The van der Waals surface area contributed by atoms with E-state index in [4.69, 9.17) is 0 Å². The minimum Gasteiger partial charge on any atom is -0.481 e. The van der Waals surface area contributed by atoms with Crippen LogP contribution in [0.1, 0.15) is 19.3 Å². The van der Waals surface area contributed by atoms with Crippen LogP contribution < -0.4 is 5.43 Å². The van der Waals surface area contributed by atoms with Crippen molar-refractivity contribution in [1.29, 1.82) is 0 Å². The van der Waals surface area contributed by atoms with Crippen molar-refractivity contribution in [2.24, 2.45) is 23.7 Å². The summed E-state index contributed by atoms with van der Waals surface area (Å²) in [6.45, 7) is 3.47. The first-order valence-electron chi connectivity index (χ1n) is 7.53. The van der Waals surface area contributed by atoms with Crippen molar-refractivity contribution in [2.45, 2.75) is 19.3 Å². The van der Waals surface area contributed by atoms with Crippen molar-refractivity contribution in [3.63, 3.8) is 0 Å². The van der Waals surface area contributed by atoms with Crippen molar-refractivity contribution in [3.05, 3.63) is 0 Å². The Bertz CT molecular complexity index is 406. The van der Waals surface area contributed by atoms with Gasteiger partial charge in [0.1, 0.15) is 0 Å². The fourth-order valence-corrected chi connectivity index (χ4v) is 4.17. The highest BCUT2D eigenvalue weighted by atomic mass is 16.4. The van der Waals surface area contributed by atoms with Crippen LogP contribution in [0, 0.1) is 23.7 Å². The van der Waals surface area contributed by atoms with Gasteiger partial charge in [-0.1, -0.05) is 0 Å². The number of fused-ring (bicyclic) bond motifs is 2. The lowest BCUT2D eigenvalue weighted by atomic mass is 9.79. The summed E-state index contributed by atoms with van der Waals surface area (Å²) in [5, 5.41) is 11.3. The third-order valence-corrected chi connectivity index (χ3v) is 5.28. The number of aliphatic carboxylic acids is 1. The van der Waals surface area contributed by atoms with E-state index in [9.17, 15) is 14.7 Å². The van der Waals surface area contributed by atoms with Gasteiger partial charge in [-0.3, -0.25) is 15.0 Å². The largest absolute Gasteiger partial charge is 0.481 e. The van der Waals surface area contributed by atoms with E-state index in [-0.39, 0.29) is 23.7 Å². The predicted octanol–water partition coefficient (Wildman–Crippen LogP) is 0.0119. The number of amides is 1. The maximum Gasteiger partial charge on any atom is 0.307 e. The molecule has 2 N–H and O–H groups in total. The van der Waals surface area contributed by atoms with E-state index < -0.39 is 11.9 Å². The number of rotatable bonds is 3. The van der Waals surface area contributed by atoms with E-state index in [0.29, 0.717) is 0 Å². The number of carboxylic acid groups (broad SMARTS) is 1. The third kappa shape index (κ3) is 2.42. The minimum absolute atomic E-state index is 0.0749. The lowest BCUT2D eigenvalue weighted by molar-refractivity contribution is -0.151. The van der Waals surface area contributed by atoms with Gasteiger partial charge in [0, 0.05) is 26.2 Å². The molecule has 2 aliphatic carbocycles. The second-order valence-corrected chi connectivity index (χ2v) is 6.49. The number of likely N-dealkylation sites (N-methyl/N-ethyl adjacent to an activating group) is 1. The van der Waals surface area contributed by atoms with Crippen LogP contribution in [0.4, 0.5) is 0 Å². The Hall–Kier alpha value is -1.14. The summed E-state index contributed by atoms with van der Waals surface area (Å²) in [6.07, 6.45) is 2.90. The molecule has 0 unspecified atom stereocenters. The number of carboxylic acids is 1. The topological polar surface area (TPSA) is 72.9 Å². The Labute approximate surface area is 119 Å². The van der Waals surface area contributed by atoms with Gasteiger partial charge in [-0.2, -0.15) is 0 Å². The fourth-order valence-electron chi connectivity index (χ4n) is 4.17. The van der Waals surface area contributed by atoms with Gasteiger partial charge in [0.05, 0.1) is 11.8 Å². The standard InChI is InChI=1S/C14H23N3O3/c1-16-4-6-17(7-5-16)15-13(18)11-9-2-3-10(8-9)12(11)14(19)20/h9-12H,2-8H2,1H3,(H,15,18)(H,19,20)/t9-,10+,11-,12+/m1/s1. The second-order valence-electron chi connectivity index (χ2n) is 6.49. The molecule has 0 radical (unpaired) electrons. The summed E-state index contributed by atoms with van der Waals surface area (Å²) in [4.78, 5) is 26.1. The zero-order valence-electron chi connectivity index (χ0n) is 11.9. The molecule has 1 amide bonds. The number of hydrazine groups is 1. The Morgan fingerprint density at radius 2 is 1.65 bits per heavy atom. The molecule has 3 fully saturated rings. The maximum atomic E-state index is 12.5. The molecule has 0 aromatic heterocycles. The van der Waals surface area contributed by atoms with Gasteiger partial charge in [0.2, 0.25) is 5.91 Å². The molecule has 3 rings (SSSR count). The van der Waals surface area contributed by atoms with Gasteiger partial charge in [0.15, 0.2) is 0 Å². The van der Waals surface area contributed by atoms with E-state index >= 15 is 0 Å². The summed E-state index contributed by atoms with van der Waals surface area (Å²) in [5.41, 5.74) is 2.96. The van der Waals surface area contributed by atoms with Crippen LogP contribution in [0.5, 0.6) is 0 Å². The van der Waals surface area contributed by atoms with Crippen LogP contribution in [0.2, 0.25) is 0 Å². The van der Waals surface area contributed by atoms with Crippen LogP contribution in [-0.2, 0) is 9.59 Å². The van der Waals surface area contributed by atoms with Gasteiger partial charge < -0.3 is 10.0 Å². The molecule has 6 heteroatoms. The number of hydrogen-bond acceptors (Lipinski definition) is 4. The van der Waals surface area contributed by atoms with Crippen LogP contribution in [0.15, 0.2) is 0 Å². The molecule has 0 spiro atoms. The first kappa shape index (κ1) is 13.8. The zero-order chi connectivity index (χ0) is 14.3. The SMILES string of the molecule is CN1CCN(NC(=O)[C@@H]2[C@@H]3CC[C@@H](C3)[C@@H]2C(=O)O)CC1. The highest BCUT2D eigenvalue weighted by Gasteiger charge is 2.54. The van der Waals surface area contributed by atoms with Crippen LogP contribution in [0.25, 0.3) is 0 Å². The fraction of sp³-hybridized carbons (Fsp3) is 0.857.